The topological polar surface area (TPSA) is 37.8 Å². The molecule has 2 rings (SSSR count). The van der Waals surface area contributed by atoms with E-state index in [4.69, 9.17) is 0 Å². The second-order valence-electron chi connectivity index (χ2n) is 4.08. The van der Waals surface area contributed by atoms with Gasteiger partial charge in [-0.15, -0.1) is 11.3 Å². The van der Waals surface area contributed by atoms with Crippen LogP contribution >= 0.6 is 11.3 Å². The smallest absolute Gasteiger partial charge is 0.0798 e. The Hall–Kier alpha value is -1.26. The molecule has 0 radical (unpaired) electrons. The fourth-order valence-electron chi connectivity index (χ4n) is 1.80. The van der Waals surface area contributed by atoms with Crippen LogP contribution in [-0.4, -0.2) is 16.5 Å². The first-order valence-electron chi connectivity index (χ1n) is 5.79. The number of hydrogen-bond donors (Lipinski definition) is 1. The van der Waals surface area contributed by atoms with E-state index in [1.807, 2.05) is 17.9 Å². The SMILES string of the molecule is Cc1ncsc1C(C)NCCc1ccncc1. The lowest BCUT2D eigenvalue weighted by Gasteiger charge is -2.12. The number of thiazole rings is 1. The third kappa shape index (κ3) is 3.35. The van der Waals surface area contributed by atoms with Gasteiger partial charge in [-0.05, 0) is 44.5 Å². The number of hydrogen-bond acceptors (Lipinski definition) is 4. The summed E-state index contributed by atoms with van der Waals surface area (Å²) in [5.74, 6) is 0. The highest BCUT2D eigenvalue weighted by Gasteiger charge is 2.09. The van der Waals surface area contributed by atoms with Crippen molar-refractivity contribution in [1.82, 2.24) is 15.3 Å². The molecule has 1 unspecified atom stereocenters. The number of rotatable bonds is 5. The summed E-state index contributed by atoms with van der Waals surface area (Å²) in [4.78, 5) is 9.62. The maximum Gasteiger partial charge on any atom is 0.0798 e. The summed E-state index contributed by atoms with van der Waals surface area (Å²) in [6, 6.07) is 4.50. The molecule has 0 saturated carbocycles. The summed E-state index contributed by atoms with van der Waals surface area (Å²) in [5.41, 5.74) is 4.37. The molecule has 4 heteroatoms. The Morgan fingerprint density at radius 2 is 2.12 bits per heavy atom. The minimum atomic E-state index is 0.379. The minimum Gasteiger partial charge on any atom is -0.309 e. The molecule has 0 spiro atoms. The van der Waals surface area contributed by atoms with Crippen LogP contribution in [0, 0.1) is 6.92 Å². The van der Waals surface area contributed by atoms with Crippen LogP contribution in [0.3, 0.4) is 0 Å². The van der Waals surface area contributed by atoms with Gasteiger partial charge < -0.3 is 5.32 Å². The van der Waals surface area contributed by atoms with E-state index in [0.29, 0.717) is 6.04 Å². The molecule has 0 bridgehead atoms. The second-order valence-corrected chi connectivity index (χ2v) is 4.97. The van der Waals surface area contributed by atoms with Crippen LogP contribution in [0.1, 0.15) is 29.1 Å². The van der Waals surface area contributed by atoms with E-state index in [1.54, 1.807) is 11.3 Å². The molecule has 0 fully saturated rings. The minimum absolute atomic E-state index is 0.379. The van der Waals surface area contributed by atoms with Crippen LogP contribution in [0.5, 0.6) is 0 Å². The molecule has 2 aromatic rings. The van der Waals surface area contributed by atoms with E-state index in [-0.39, 0.29) is 0 Å². The van der Waals surface area contributed by atoms with Crippen molar-refractivity contribution < 1.29 is 0 Å². The van der Waals surface area contributed by atoms with E-state index in [1.165, 1.54) is 10.4 Å². The summed E-state index contributed by atoms with van der Waals surface area (Å²) in [6.07, 6.45) is 4.71. The summed E-state index contributed by atoms with van der Waals surface area (Å²) < 4.78 is 0. The lowest BCUT2D eigenvalue weighted by atomic mass is 10.2. The van der Waals surface area contributed by atoms with Crippen LogP contribution in [-0.2, 0) is 6.42 Å². The Balaban J connectivity index is 1.81. The quantitative estimate of drug-likeness (QED) is 0.883. The number of nitrogens with one attached hydrogen (secondary N) is 1. The van der Waals surface area contributed by atoms with Gasteiger partial charge in [0.05, 0.1) is 11.2 Å². The van der Waals surface area contributed by atoms with Crippen molar-refractivity contribution >= 4 is 11.3 Å². The number of aromatic nitrogens is 2. The lowest BCUT2D eigenvalue weighted by Crippen LogP contribution is -2.21. The normalized spacial score (nSPS) is 12.6. The molecule has 1 atom stereocenters. The van der Waals surface area contributed by atoms with Crippen molar-refractivity contribution in [3.63, 3.8) is 0 Å². The molecule has 1 N–H and O–H groups in total. The van der Waals surface area contributed by atoms with Gasteiger partial charge in [0.25, 0.3) is 0 Å². The highest BCUT2D eigenvalue weighted by molar-refractivity contribution is 7.09. The van der Waals surface area contributed by atoms with Gasteiger partial charge in [0.15, 0.2) is 0 Å². The average molecular weight is 247 g/mol. The predicted molar refractivity (Wildman–Crippen MR) is 71.2 cm³/mol. The van der Waals surface area contributed by atoms with Gasteiger partial charge in [-0.25, -0.2) is 4.98 Å². The molecular formula is C13H17N3S. The van der Waals surface area contributed by atoms with Crippen molar-refractivity contribution in [2.45, 2.75) is 26.3 Å². The van der Waals surface area contributed by atoms with E-state index in [2.05, 4.69) is 41.3 Å². The molecular weight excluding hydrogens is 230 g/mol. The van der Waals surface area contributed by atoms with Crippen LogP contribution in [0.4, 0.5) is 0 Å². The largest absolute Gasteiger partial charge is 0.309 e. The molecule has 0 aliphatic carbocycles. The number of pyridine rings is 1. The zero-order valence-electron chi connectivity index (χ0n) is 10.2. The van der Waals surface area contributed by atoms with Crippen molar-refractivity contribution in [3.05, 3.63) is 46.2 Å². The van der Waals surface area contributed by atoms with E-state index < -0.39 is 0 Å². The highest BCUT2D eigenvalue weighted by Crippen LogP contribution is 2.20. The van der Waals surface area contributed by atoms with Gasteiger partial charge in [0.1, 0.15) is 0 Å². The third-order valence-corrected chi connectivity index (χ3v) is 3.90. The summed E-state index contributed by atoms with van der Waals surface area (Å²) >= 11 is 1.72. The third-order valence-electron chi connectivity index (χ3n) is 2.79. The molecule has 0 aromatic carbocycles. The molecule has 0 aliphatic heterocycles. The van der Waals surface area contributed by atoms with Crippen LogP contribution in [0.15, 0.2) is 30.0 Å². The van der Waals surface area contributed by atoms with E-state index in [9.17, 15) is 0 Å². The molecule has 17 heavy (non-hydrogen) atoms. The molecule has 2 heterocycles. The first kappa shape index (κ1) is 12.2. The van der Waals surface area contributed by atoms with Gasteiger partial charge in [0.2, 0.25) is 0 Å². The average Bonchev–Trinajstić information content (AvgIpc) is 2.77. The molecule has 0 saturated heterocycles. The van der Waals surface area contributed by atoms with E-state index >= 15 is 0 Å². The maximum atomic E-state index is 4.27. The lowest BCUT2D eigenvalue weighted by molar-refractivity contribution is 0.581. The van der Waals surface area contributed by atoms with Crippen molar-refractivity contribution in [3.8, 4) is 0 Å². The monoisotopic (exact) mass is 247 g/mol. The van der Waals surface area contributed by atoms with Crippen molar-refractivity contribution in [2.24, 2.45) is 0 Å². The molecule has 90 valence electrons. The van der Waals surface area contributed by atoms with Crippen LogP contribution in [0.2, 0.25) is 0 Å². The fraction of sp³-hybridized carbons (Fsp3) is 0.385. The van der Waals surface area contributed by atoms with Gasteiger partial charge in [-0.1, -0.05) is 0 Å². The first-order valence-corrected chi connectivity index (χ1v) is 6.67. The molecule has 0 amide bonds. The summed E-state index contributed by atoms with van der Waals surface area (Å²) in [6.45, 7) is 5.22. The van der Waals surface area contributed by atoms with Gasteiger partial charge in [-0.3, -0.25) is 4.98 Å². The highest BCUT2D eigenvalue weighted by atomic mass is 32.1. The number of aryl methyl sites for hydroxylation is 1. The molecule has 2 aromatic heterocycles. The zero-order chi connectivity index (χ0) is 12.1. The Morgan fingerprint density at radius 1 is 1.35 bits per heavy atom. The van der Waals surface area contributed by atoms with Crippen molar-refractivity contribution in [2.75, 3.05) is 6.54 Å². The fourth-order valence-corrected chi connectivity index (χ4v) is 2.64. The van der Waals surface area contributed by atoms with Crippen LogP contribution < -0.4 is 5.32 Å². The summed E-state index contributed by atoms with van der Waals surface area (Å²) in [7, 11) is 0. The van der Waals surface area contributed by atoms with Gasteiger partial charge >= 0.3 is 0 Å². The van der Waals surface area contributed by atoms with Crippen molar-refractivity contribution in [1.29, 1.82) is 0 Å². The number of nitrogens with zero attached hydrogens (tertiary/aromatic N) is 2. The maximum absolute atomic E-state index is 4.27. The Bertz CT molecular complexity index is 453. The Kier molecular flexibility index (Phi) is 4.23. The van der Waals surface area contributed by atoms with Gasteiger partial charge in [0, 0.05) is 23.3 Å². The Morgan fingerprint density at radius 3 is 2.76 bits per heavy atom. The second kappa shape index (κ2) is 5.89. The standard InChI is InChI=1S/C13H17N3S/c1-10(13-11(2)16-9-17-13)15-8-5-12-3-6-14-7-4-12/h3-4,6-7,9-10,15H,5,8H2,1-2H3. The first-order chi connectivity index (χ1) is 8.27. The molecule has 0 aliphatic rings. The zero-order valence-corrected chi connectivity index (χ0v) is 11.0. The summed E-state index contributed by atoms with van der Waals surface area (Å²) in [5, 5.41) is 3.52. The molecule has 3 nitrogen and oxygen atoms in total. The van der Waals surface area contributed by atoms with Gasteiger partial charge in [-0.2, -0.15) is 0 Å². The van der Waals surface area contributed by atoms with E-state index in [0.717, 1.165) is 18.7 Å². The van der Waals surface area contributed by atoms with Crippen LogP contribution in [0.25, 0.3) is 0 Å². The predicted octanol–water partition coefficient (Wildman–Crippen LogP) is 2.74. The Labute approximate surface area is 106 Å².